The van der Waals surface area contributed by atoms with Crippen LogP contribution in [-0.4, -0.2) is 50.2 Å². The van der Waals surface area contributed by atoms with E-state index in [0.29, 0.717) is 26.1 Å². The van der Waals surface area contributed by atoms with Gasteiger partial charge in [0.1, 0.15) is 5.60 Å². The molecule has 0 aliphatic carbocycles. The first-order valence-electron chi connectivity index (χ1n) is 7.29. The van der Waals surface area contributed by atoms with Crippen LogP contribution in [0.25, 0.3) is 0 Å². The molecular formula is C15H25BrN2O5. The molecule has 0 aliphatic heterocycles. The van der Waals surface area contributed by atoms with Gasteiger partial charge in [0.25, 0.3) is 5.91 Å². The van der Waals surface area contributed by atoms with E-state index in [1.807, 2.05) is 0 Å². The van der Waals surface area contributed by atoms with Gasteiger partial charge >= 0.3 is 5.97 Å². The zero-order valence-corrected chi connectivity index (χ0v) is 15.6. The van der Waals surface area contributed by atoms with E-state index in [1.54, 1.807) is 20.8 Å². The zero-order chi connectivity index (χ0) is 17.9. The Balaban J connectivity index is 3.99. The molecule has 8 heteroatoms. The summed E-state index contributed by atoms with van der Waals surface area (Å²) < 4.78 is 10.1. The number of carbonyl (C=O) groups is 3. The molecule has 0 radical (unpaired) electrons. The topological polar surface area (TPSA) is 93.7 Å². The molecular weight excluding hydrogens is 368 g/mol. The van der Waals surface area contributed by atoms with Gasteiger partial charge in [-0.05, 0) is 43.1 Å². The molecule has 0 spiro atoms. The van der Waals surface area contributed by atoms with E-state index in [-0.39, 0.29) is 16.9 Å². The monoisotopic (exact) mass is 392 g/mol. The molecule has 0 saturated carbocycles. The summed E-state index contributed by atoms with van der Waals surface area (Å²) in [5.41, 5.74) is -0.510. The number of methoxy groups -OCH3 is 1. The van der Waals surface area contributed by atoms with Gasteiger partial charge in [-0.1, -0.05) is 0 Å². The number of ether oxygens (including phenoxy) is 2. The minimum Gasteiger partial charge on any atom is -0.460 e. The van der Waals surface area contributed by atoms with E-state index in [9.17, 15) is 14.4 Å². The molecule has 0 bridgehead atoms. The molecule has 0 rings (SSSR count). The molecule has 0 aromatic heterocycles. The second-order valence-corrected chi connectivity index (χ2v) is 6.58. The maximum Gasteiger partial charge on any atom is 0.306 e. The molecule has 0 heterocycles. The van der Waals surface area contributed by atoms with Crippen molar-refractivity contribution in [2.24, 2.45) is 0 Å². The van der Waals surface area contributed by atoms with Gasteiger partial charge in [-0.25, -0.2) is 0 Å². The Bertz CT molecular complexity index is 444. The van der Waals surface area contributed by atoms with Crippen molar-refractivity contribution >= 4 is 33.7 Å². The van der Waals surface area contributed by atoms with Crippen molar-refractivity contribution in [1.29, 1.82) is 0 Å². The van der Waals surface area contributed by atoms with Crippen molar-refractivity contribution < 1.29 is 23.9 Å². The number of halogens is 1. The van der Waals surface area contributed by atoms with Gasteiger partial charge in [0.2, 0.25) is 5.91 Å². The summed E-state index contributed by atoms with van der Waals surface area (Å²) in [6.07, 6.45) is 1.84. The van der Waals surface area contributed by atoms with Crippen LogP contribution in [0.15, 0.2) is 10.6 Å². The first-order chi connectivity index (χ1) is 10.7. The van der Waals surface area contributed by atoms with Crippen LogP contribution in [0.4, 0.5) is 0 Å². The highest BCUT2D eigenvalue weighted by atomic mass is 79.9. The number of hydrogen-bond donors (Lipinski definition) is 2. The minimum absolute atomic E-state index is 0.123. The maximum absolute atomic E-state index is 11.6. The fraction of sp³-hybridized carbons (Fsp3) is 0.667. The van der Waals surface area contributed by atoms with E-state index in [1.165, 1.54) is 7.11 Å². The molecule has 2 N–H and O–H groups in total. The van der Waals surface area contributed by atoms with Gasteiger partial charge in [-0.2, -0.15) is 0 Å². The van der Waals surface area contributed by atoms with Crippen LogP contribution >= 0.6 is 15.9 Å². The number of rotatable bonds is 9. The predicted molar refractivity (Wildman–Crippen MR) is 90.0 cm³/mol. The smallest absolute Gasteiger partial charge is 0.306 e. The van der Waals surface area contributed by atoms with Crippen molar-refractivity contribution in [3.8, 4) is 0 Å². The van der Waals surface area contributed by atoms with E-state index in [0.717, 1.165) is 6.08 Å². The Morgan fingerprint density at radius 2 is 1.78 bits per heavy atom. The Morgan fingerprint density at radius 3 is 2.35 bits per heavy atom. The summed E-state index contributed by atoms with van der Waals surface area (Å²) in [7, 11) is 1.53. The summed E-state index contributed by atoms with van der Waals surface area (Å²) in [4.78, 5) is 34.7. The molecule has 0 atom stereocenters. The molecule has 0 fully saturated rings. The van der Waals surface area contributed by atoms with Crippen LogP contribution in [0.1, 0.15) is 33.6 Å². The second-order valence-electron chi connectivity index (χ2n) is 5.72. The van der Waals surface area contributed by atoms with Crippen molar-refractivity contribution in [2.75, 3.05) is 26.8 Å². The highest BCUT2D eigenvalue weighted by molar-refractivity contribution is 9.12. The van der Waals surface area contributed by atoms with Crippen LogP contribution in [0, 0.1) is 0 Å². The summed E-state index contributed by atoms with van der Waals surface area (Å²) in [6.45, 7) is 6.46. The number of nitrogens with one attached hydrogen (secondary N) is 2. The highest BCUT2D eigenvalue weighted by Gasteiger charge is 2.15. The van der Waals surface area contributed by atoms with Crippen LogP contribution in [0.2, 0.25) is 0 Å². The van der Waals surface area contributed by atoms with Crippen molar-refractivity contribution in [2.45, 2.75) is 39.2 Å². The Kier molecular flexibility index (Phi) is 10.5. The van der Waals surface area contributed by atoms with E-state index in [4.69, 9.17) is 9.47 Å². The molecule has 2 amide bonds. The summed E-state index contributed by atoms with van der Waals surface area (Å²) in [5, 5.41) is 5.17. The average Bonchev–Trinajstić information content (AvgIpc) is 2.41. The fourth-order valence-corrected chi connectivity index (χ4v) is 1.77. The summed E-state index contributed by atoms with van der Waals surface area (Å²) >= 11 is 3.03. The third kappa shape index (κ3) is 12.8. The van der Waals surface area contributed by atoms with Gasteiger partial charge in [0.05, 0.1) is 11.1 Å². The lowest BCUT2D eigenvalue weighted by atomic mass is 10.2. The normalized spacial score (nSPS) is 11.8. The molecule has 0 aromatic carbocycles. The van der Waals surface area contributed by atoms with Gasteiger partial charge in [0, 0.05) is 32.7 Å². The first kappa shape index (κ1) is 21.6. The zero-order valence-electron chi connectivity index (χ0n) is 14.0. The summed E-state index contributed by atoms with van der Waals surface area (Å²) in [5.74, 6) is -1.12. The van der Waals surface area contributed by atoms with Crippen molar-refractivity contribution in [1.82, 2.24) is 10.6 Å². The Morgan fingerprint density at radius 1 is 1.13 bits per heavy atom. The lowest BCUT2D eigenvalue weighted by Gasteiger charge is -2.19. The number of esters is 1. The van der Waals surface area contributed by atoms with E-state index < -0.39 is 17.4 Å². The van der Waals surface area contributed by atoms with Gasteiger partial charge in [-0.15, -0.1) is 0 Å². The largest absolute Gasteiger partial charge is 0.460 e. The predicted octanol–water partition coefficient (Wildman–Crippen LogP) is 1.27. The SMILES string of the molecule is COCCNC(=O)/C(Br)=C\C(=O)NCCCC(=O)OC(C)(C)C. The molecule has 0 saturated heterocycles. The quantitative estimate of drug-likeness (QED) is 0.350. The van der Waals surface area contributed by atoms with E-state index in [2.05, 4.69) is 26.6 Å². The molecule has 132 valence electrons. The Hall–Kier alpha value is -1.41. The average molecular weight is 393 g/mol. The maximum atomic E-state index is 11.6. The van der Waals surface area contributed by atoms with Crippen LogP contribution < -0.4 is 10.6 Å². The van der Waals surface area contributed by atoms with Crippen LogP contribution in [0.5, 0.6) is 0 Å². The van der Waals surface area contributed by atoms with Gasteiger partial charge in [0.15, 0.2) is 0 Å². The van der Waals surface area contributed by atoms with Gasteiger partial charge in [-0.3, -0.25) is 14.4 Å². The van der Waals surface area contributed by atoms with Crippen LogP contribution in [0.3, 0.4) is 0 Å². The number of carbonyl (C=O) groups excluding carboxylic acids is 3. The first-order valence-corrected chi connectivity index (χ1v) is 8.09. The lowest BCUT2D eigenvalue weighted by Crippen LogP contribution is -2.29. The van der Waals surface area contributed by atoms with Crippen molar-refractivity contribution in [3.05, 3.63) is 10.6 Å². The highest BCUT2D eigenvalue weighted by Crippen LogP contribution is 2.09. The molecule has 0 unspecified atom stereocenters. The second kappa shape index (κ2) is 11.2. The third-order valence-electron chi connectivity index (χ3n) is 2.34. The summed E-state index contributed by atoms with van der Waals surface area (Å²) in [6, 6.07) is 0. The fourth-order valence-electron chi connectivity index (χ4n) is 1.42. The standard InChI is InChI=1S/C15H25BrN2O5/c1-15(2,3)23-13(20)6-5-7-17-12(19)10-11(16)14(21)18-8-9-22-4/h10H,5-9H2,1-4H3,(H,17,19)(H,18,21)/b11-10+. The van der Waals surface area contributed by atoms with Crippen LogP contribution in [-0.2, 0) is 23.9 Å². The van der Waals surface area contributed by atoms with E-state index >= 15 is 0 Å². The minimum atomic E-state index is -0.510. The molecule has 0 aliphatic rings. The van der Waals surface area contributed by atoms with Gasteiger partial charge < -0.3 is 20.1 Å². The lowest BCUT2D eigenvalue weighted by molar-refractivity contribution is -0.155. The molecule has 7 nitrogen and oxygen atoms in total. The number of hydrogen-bond acceptors (Lipinski definition) is 5. The molecule has 0 aromatic rings. The Labute approximate surface area is 145 Å². The number of amides is 2. The third-order valence-corrected chi connectivity index (χ3v) is 2.93. The van der Waals surface area contributed by atoms with Crippen molar-refractivity contribution in [3.63, 3.8) is 0 Å². The molecule has 23 heavy (non-hydrogen) atoms.